The van der Waals surface area contributed by atoms with E-state index in [1.807, 2.05) is 42.5 Å². The molecular formula is C20H27N5O. The molecule has 1 aliphatic heterocycles. The Morgan fingerprint density at radius 1 is 1.15 bits per heavy atom. The van der Waals surface area contributed by atoms with E-state index < -0.39 is 0 Å². The van der Waals surface area contributed by atoms with Crippen molar-refractivity contribution >= 4 is 5.91 Å². The molecule has 0 N–H and O–H groups in total. The highest BCUT2D eigenvalue weighted by molar-refractivity contribution is 5.79. The van der Waals surface area contributed by atoms with Crippen molar-refractivity contribution < 1.29 is 4.79 Å². The predicted octanol–water partition coefficient (Wildman–Crippen LogP) is 2.13. The van der Waals surface area contributed by atoms with Gasteiger partial charge >= 0.3 is 0 Å². The van der Waals surface area contributed by atoms with Gasteiger partial charge in [-0.15, -0.1) is 0 Å². The zero-order valence-electron chi connectivity index (χ0n) is 15.8. The van der Waals surface area contributed by atoms with E-state index >= 15 is 0 Å². The van der Waals surface area contributed by atoms with Crippen LogP contribution < -0.4 is 0 Å². The number of hydrogen-bond donors (Lipinski definition) is 0. The molecule has 26 heavy (non-hydrogen) atoms. The lowest BCUT2D eigenvalue weighted by Crippen LogP contribution is -2.34. The maximum Gasteiger partial charge on any atom is 0.227 e. The third kappa shape index (κ3) is 4.64. The van der Waals surface area contributed by atoms with Gasteiger partial charge in [0.15, 0.2) is 0 Å². The standard InChI is InChI=1S/C20H27N5O/c1-15(2)19-22-11-16(12-23-19)13-25-9-8-24(3)20(26)17(14-25)10-18-6-4-5-7-21-18/h4-7,11-12,15,17H,8-10,13-14H2,1-3H3/t17-/m1/s1. The second-order valence-corrected chi connectivity index (χ2v) is 7.32. The summed E-state index contributed by atoms with van der Waals surface area (Å²) in [6.45, 7) is 7.26. The number of nitrogens with zero attached hydrogens (tertiary/aromatic N) is 5. The van der Waals surface area contributed by atoms with Crippen LogP contribution in [-0.4, -0.2) is 57.3 Å². The average molecular weight is 353 g/mol. The van der Waals surface area contributed by atoms with Crippen LogP contribution in [0.15, 0.2) is 36.8 Å². The third-order valence-electron chi connectivity index (χ3n) is 4.79. The molecule has 1 saturated heterocycles. The van der Waals surface area contributed by atoms with Crippen molar-refractivity contribution in [3.63, 3.8) is 0 Å². The van der Waals surface area contributed by atoms with E-state index in [1.165, 1.54) is 0 Å². The zero-order valence-corrected chi connectivity index (χ0v) is 15.8. The van der Waals surface area contributed by atoms with Crippen LogP contribution in [0.3, 0.4) is 0 Å². The van der Waals surface area contributed by atoms with Crippen molar-refractivity contribution in [1.82, 2.24) is 24.8 Å². The second kappa shape index (κ2) is 8.36. The topological polar surface area (TPSA) is 62.2 Å². The maximum absolute atomic E-state index is 12.7. The maximum atomic E-state index is 12.7. The van der Waals surface area contributed by atoms with Gasteiger partial charge in [0.25, 0.3) is 0 Å². The SMILES string of the molecule is CC(C)c1ncc(CN2CCN(C)C(=O)[C@H](Cc3ccccn3)C2)cn1. The lowest BCUT2D eigenvalue weighted by atomic mass is 10.0. The molecule has 2 aromatic heterocycles. The Hall–Kier alpha value is -2.34. The number of carbonyl (C=O) groups is 1. The summed E-state index contributed by atoms with van der Waals surface area (Å²) >= 11 is 0. The average Bonchev–Trinajstić information content (AvgIpc) is 2.77. The molecule has 0 spiro atoms. The quantitative estimate of drug-likeness (QED) is 0.824. The van der Waals surface area contributed by atoms with Crippen molar-refractivity contribution in [1.29, 1.82) is 0 Å². The Morgan fingerprint density at radius 3 is 2.58 bits per heavy atom. The highest BCUT2D eigenvalue weighted by Gasteiger charge is 2.29. The summed E-state index contributed by atoms with van der Waals surface area (Å²) in [4.78, 5) is 30.2. The van der Waals surface area contributed by atoms with Crippen LogP contribution in [0.2, 0.25) is 0 Å². The van der Waals surface area contributed by atoms with Gasteiger partial charge in [0.2, 0.25) is 5.91 Å². The lowest BCUT2D eigenvalue weighted by molar-refractivity contribution is -0.133. The number of rotatable bonds is 5. The van der Waals surface area contributed by atoms with Crippen LogP contribution in [0.1, 0.15) is 36.8 Å². The fraction of sp³-hybridized carbons (Fsp3) is 0.500. The fourth-order valence-electron chi connectivity index (χ4n) is 3.26. The summed E-state index contributed by atoms with van der Waals surface area (Å²) in [5, 5.41) is 0. The van der Waals surface area contributed by atoms with Gasteiger partial charge in [-0.3, -0.25) is 14.7 Å². The molecule has 3 rings (SSSR count). The molecule has 0 aliphatic carbocycles. The predicted molar refractivity (Wildman–Crippen MR) is 100 cm³/mol. The Labute approximate surface area is 155 Å². The van der Waals surface area contributed by atoms with Gasteiger partial charge in [0, 0.05) is 75.4 Å². The van der Waals surface area contributed by atoms with Crippen LogP contribution in [0.25, 0.3) is 0 Å². The van der Waals surface area contributed by atoms with Gasteiger partial charge in [-0.25, -0.2) is 9.97 Å². The van der Waals surface area contributed by atoms with Crippen molar-refractivity contribution in [3.05, 3.63) is 53.9 Å². The van der Waals surface area contributed by atoms with Crippen molar-refractivity contribution in [2.75, 3.05) is 26.7 Å². The van der Waals surface area contributed by atoms with Crippen LogP contribution in [0.4, 0.5) is 0 Å². The molecule has 1 atom stereocenters. The van der Waals surface area contributed by atoms with Crippen LogP contribution in [0, 0.1) is 5.92 Å². The highest BCUT2D eigenvalue weighted by atomic mass is 16.2. The molecular weight excluding hydrogens is 326 g/mol. The molecule has 0 unspecified atom stereocenters. The minimum atomic E-state index is -0.0757. The Bertz CT molecular complexity index is 717. The normalized spacial score (nSPS) is 19.0. The van der Waals surface area contributed by atoms with Gasteiger partial charge in [-0.1, -0.05) is 19.9 Å². The van der Waals surface area contributed by atoms with E-state index in [4.69, 9.17) is 0 Å². The van der Waals surface area contributed by atoms with Crippen molar-refractivity contribution in [2.24, 2.45) is 5.92 Å². The second-order valence-electron chi connectivity index (χ2n) is 7.32. The Morgan fingerprint density at radius 2 is 1.92 bits per heavy atom. The Kier molecular flexibility index (Phi) is 5.93. The van der Waals surface area contributed by atoms with E-state index in [9.17, 15) is 4.79 Å². The van der Waals surface area contributed by atoms with E-state index in [0.717, 1.165) is 43.3 Å². The molecule has 1 fully saturated rings. The summed E-state index contributed by atoms with van der Waals surface area (Å²) in [5.74, 6) is 1.32. The minimum absolute atomic E-state index is 0.0757. The Balaban J connectivity index is 1.70. The first-order valence-corrected chi connectivity index (χ1v) is 9.21. The monoisotopic (exact) mass is 353 g/mol. The summed E-state index contributed by atoms with van der Waals surface area (Å²) in [6, 6.07) is 5.86. The molecule has 0 radical (unpaired) electrons. The van der Waals surface area contributed by atoms with Gasteiger partial charge in [-0.05, 0) is 12.1 Å². The summed E-state index contributed by atoms with van der Waals surface area (Å²) < 4.78 is 0. The summed E-state index contributed by atoms with van der Waals surface area (Å²) in [6.07, 6.45) is 6.27. The number of aromatic nitrogens is 3. The number of likely N-dealkylation sites (N-methyl/N-ethyl adjacent to an activating group) is 1. The highest BCUT2D eigenvalue weighted by Crippen LogP contribution is 2.17. The first-order valence-electron chi connectivity index (χ1n) is 9.21. The number of hydrogen-bond acceptors (Lipinski definition) is 5. The summed E-state index contributed by atoms with van der Waals surface area (Å²) in [5.41, 5.74) is 2.05. The molecule has 138 valence electrons. The largest absolute Gasteiger partial charge is 0.344 e. The first-order chi connectivity index (χ1) is 12.5. The number of carbonyl (C=O) groups excluding carboxylic acids is 1. The van der Waals surface area contributed by atoms with Crippen LogP contribution in [0.5, 0.6) is 0 Å². The zero-order chi connectivity index (χ0) is 18.5. The van der Waals surface area contributed by atoms with Gasteiger partial charge < -0.3 is 4.90 Å². The van der Waals surface area contributed by atoms with Crippen molar-refractivity contribution in [2.45, 2.75) is 32.7 Å². The molecule has 0 aromatic carbocycles. The first kappa shape index (κ1) is 18.5. The van der Waals surface area contributed by atoms with Gasteiger partial charge in [-0.2, -0.15) is 0 Å². The van der Waals surface area contributed by atoms with E-state index in [-0.39, 0.29) is 11.8 Å². The van der Waals surface area contributed by atoms with E-state index in [1.54, 1.807) is 6.20 Å². The molecule has 0 saturated carbocycles. The molecule has 1 amide bonds. The van der Waals surface area contributed by atoms with Crippen LogP contribution in [-0.2, 0) is 17.8 Å². The molecule has 3 heterocycles. The van der Waals surface area contributed by atoms with E-state index in [2.05, 4.69) is 33.7 Å². The summed E-state index contributed by atoms with van der Waals surface area (Å²) in [7, 11) is 1.89. The van der Waals surface area contributed by atoms with Gasteiger partial charge in [0.05, 0.1) is 5.92 Å². The molecule has 1 aliphatic rings. The third-order valence-corrected chi connectivity index (χ3v) is 4.79. The number of pyridine rings is 1. The minimum Gasteiger partial charge on any atom is -0.344 e. The molecule has 0 bridgehead atoms. The van der Waals surface area contributed by atoms with Crippen molar-refractivity contribution in [3.8, 4) is 0 Å². The van der Waals surface area contributed by atoms with E-state index in [0.29, 0.717) is 12.3 Å². The molecule has 6 nitrogen and oxygen atoms in total. The number of amides is 1. The molecule has 6 heteroatoms. The van der Waals surface area contributed by atoms with Gasteiger partial charge in [0.1, 0.15) is 5.82 Å². The fourth-order valence-corrected chi connectivity index (χ4v) is 3.26. The smallest absolute Gasteiger partial charge is 0.227 e. The molecule has 2 aromatic rings. The van der Waals surface area contributed by atoms with Crippen LogP contribution >= 0.6 is 0 Å². The lowest BCUT2D eigenvalue weighted by Gasteiger charge is -2.22.